The molecule has 0 saturated carbocycles. The number of rotatable bonds is 4. The van der Waals surface area contributed by atoms with E-state index < -0.39 is 0 Å². The van der Waals surface area contributed by atoms with Gasteiger partial charge in [0.25, 0.3) is 0 Å². The normalized spacial score (nSPS) is 10.3. The Bertz CT molecular complexity index is 1020. The summed E-state index contributed by atoms with van der Waals surface area (Å²) in [5.74, 6) is 1.56. The van der Waals surface area contributed by atoms with E-state index in [1.54, 1.807) is 14.2 Å². The molecule has 4 nitrogen and oxygen atoms in total. The standard InChI is InChI=1S/C21H23NO3.C2H4/c1-6-14-10-16(25-5)11-19-20(14)21(23)18(12-22(19)3)17-8-7-15(24-4)9-13(17)2;1-2/h7-12H,6H2,1-5H3;1-2H2. The van der Waals surface area contributed by atoms with E-state index in [4.69, 9.17) is 9.47 Å². The molecule has 0 spiro atoms. The molecule has 0 aliphatic carbocycles. The minimum atomic E-state index is 0.0564. The Morgan fingerprint density at radius 3 is 2.22 bits per heavy atom. The van der Waals surface area contributed by atoms with Gasteiger partial charge in [-0.1, -0.05) is 13.0 Å². The molecule has 0 radical (unpaired) electrons. The summed E-state index contributed by atoms with van der Waals surface area (Å²) in [6.45, 7) is 10.1. The van der Waals surface area contributed by atoms with Crippen molar-refractivity contribution in [1.29, 1.82) is 0 Å². The number of benzene rings is 2. The van der Waals surface area contributed by atoms with Crippen LogP contribution >= 0.6 is 0 Å². The van der Waals surface area contributed by atoms with Gasteiger partial charge in [0.05, 0.1) is 19.7 Å². The highest BCUT2D eigenvalue weighted by atomic mass is 16.5. The molecule has 0 aliphatic rings. The third-order valence-corrected chi connectivity index (χ3v) is 4.69. The third kappa shape index (κ3) is 3.75. The lowest BCUT2D eigenvalue weighted by molar-refractivity contribution is 0.414. The van der Waals surface area contributed by atoms with Crippen LogP contribution in [-0.4, -0.2) is 18.8 Å². The van der Waals surface area contributed by atoms with Crippen molar-refractivity contribution in [2.24, 2.45) is 7.05 Å². The van der Waals surface area contributed by atoms with Gasteiger partial charge in [0.2, 0.25) is 0 Å². The molecule has 142 valence electrons. The van der Waals surface area contributed by atoms with Crippen molar-refractivity contribution in [2.45, 2.75) is 20.3 Å². The van der Waals surface area contributed by atoms with Gasteiger partial charge >= 0.3 is 0 Å². The molecule has 3 rings (SSSR count). The fourth-order valence-corrected chi connectivity index (χ4v) is 3.31. The van der Waals surface area contributed by atoms with E-state index in [9.17, 15) is 4.79 Å². The molecular weight excluding hydrogens is 338 g/mol. The molecule has 0 atom stereocenters. The zero-order valence-electron chi connectivity index (χ0n) is 16.8. The maximum absolute atomic E-state index is 13.3. The maximum atomic E-state index is 13.3. The Hall–Kier alpha value is -3.01. The van der Waals surface area contributed by atoms with Gasteiger partial charge in [0.15, 0.2) is 5.43 Å². The van der Waals surface area contributed by atoms with Gasteiger partial charge in [-0.25, -0.2) is 0 Å². The van der Waals surface area contributed by atoms with Crippen LogP contribution in [-0.2, 0) is 13.5 Å². The number of ether oxygens (including phenoxy) is 2. The Morgan fingerprint density at radius 2 is 1.67 bits per heavy atom. The van der Waals surface area contributed by atoms with Crippen LogP contribution in [0.15, 0.2) is 54.5 Å². The van der Waals surface area contributed by atoms with Gasteiger partial charge in [-0.2, -0.15) is 0 Å². The molecule has 0 fully saturated rings. The molecule has 0 N–H and O–H groups in total. The lowest BCUT2D eigenvalue weighted by Gasteiger charge is -2.15. The second-order valence-electron chi connectivity index (χ2n) is 6.20. The van der Waals surface area contributed by atoms with Crippen molar-refractivity contribution in [1.82, 2.24) is 4.57 Å². The Balaban J connectivity index is 0.00000126. The number of hydrogen-bond donors (Lipinski definition) is 0. The first-order valence-corrected chi connectivity index (χ1v) is 8.85. The molecular formula is C23H27NO3. The molecule has 1 heterocycles. The maximum Gasteiger partial charge on any atom is 0.197 e. The largest absolute Gasteiger partial charge is 0.497 e. The summed E-state index contributed by atoms with van der Waals surface area (Å²) in [6, 6.07) is 9.66. The van der Waals surface area contributed by atoms with Crippen molar-refractivity contribution < 1.29 is 9.47 Å². The minimum absolute atomic E-state index is 0.0564. The van der Waals surface area contributed by atoms with Crippen LogP contribution in [0.3, 0.4) is 0 Å². The summed E-state index contributed by atoms with van der Waals surface area (Å²) in [4.78, 5) is 13.3. The highest BCUT2D eigenvalue weighted by Gasteiger charge is 2.15. The van der Waals surface area contributed by atoms with Crippen molar-refractivity contribution in [3.05, 3.63) is 71.0 Å². The van der Waals surface area contributed by atoms with Crippen molar-refractivity contribution >= 4 is 10.9 Å². The van der Waals surface area contributed by atoms with Crippen molar-refractivity contribution in [3.63, 3.8) is 0 Å². The van der Waals surface area contributed by atoms with Crippen LogP contribution in [0.1, 0.15) is 18.1 Å². The minimum Gasteiger partial charge on any atom is -0.497 e. The summed E-state index contributed by atoms with van der Waals surface area (Å²) in [7, 11) is 5.25. The third-order valence-electron chi connectivity index (χ3n) is 4.69. The monoisotopic (exact) mass is 365 g/mol. The van der Waals surface area contributed by atoms with Crippen LogP contribution in [0.25, 0.3) is 22.0 Å². The molecule has 0 bridgehead atoms. The van der Waals surface area contributed by atoms with Gasteiger partial charge in [0.1, 0.15) is 11.5 Å². The van der Waals surface area contributed by atoms with E-state index in [1.807, 2.05) is 55.1 Å². The molecule has 0 unspecified atom stereocenters. The van der Waals surface area contributed by atoms with Crippen LogP contribution in [0.2, 0.25) is 0 Å². The van der Waals surface area contributed by atoms with Crippen LogP contribution in [0.5, 0.6) is 11.5 Å². The number of aryl methyl sites for hydroxylation is 3. The smallest absolute Gasteiger partial charge is 0.197 e. The topological polar surface area (TPSA) is 40.5 Å². The van der Waals surface area contributed by atoms with Gasteiger partial charge in [0, 0.05) is 30.3 Å². The number of aromatic nitrogens is 1. The molecule has 0 aliphatic heterocycles. The van der Waals surface area contributed by atoms with Gasteiger partial charge in [-0.3, -0.25) is 4.79 Å². The SMILES string of the molecule is C=C.CCc1cc(OC)cc2c1c(=O)c(-c1ccc(OC)cc1C)cn2C. The van der Waals surface area contributed by atoms with Crippen LogP contribution < -0.4 is 14.9 Å². The van der Waals surface area contributed by atoms with E-state index in [1.165, 1.54) is 0 Å². The molecule has 0 saturated heterocycles. The predicted octanol–water partition coefficient (Wildman–Crippen LogP) is 4.90. The highest BCUT2D eigenvalue weighted by molar-refractivity contribution is 5.88. The molecule has 1 aromatic heterocycles. The molecule has 27 heavy (non-hydrogen) atoms. The van der Waals surface area contributed by atoms with Crippen LogP contribution in [0, 0.1) is 6.92 Å². The number of fused-ring (bicyclic) bond motifs is 1. The van der Waals surface area contributed by atoms with Crippen molar-refractivity contribution in [3.8, 4) is 22.6 Å². The molecule has 4 heteroatoms. The number of hydrogen-bond acceptors (Lipinski definition) is 3. The fraction of sp³-hybridized carbons (Fsp3) is 0.261. The first-order chi connectivity index (χ1) is 13.0. The summed E-state index contributed by atoms with van der Waals surface area (Å²) < 4.78 is 12.7. The first kappa shape index (κ1) is 20.3. The Morgan fingerprint density at radius 1 is 1.00 bits per heavy atom. The molecule has 0 amide bonds. The zero-order chi connectivity index (χ0) is 20.1. The average molecular weight is 365 g/mol. The average Bonchev–Trinajstić information content (AvgIpc) is 2.71. The Kier molecular flexibility index (Phi) is 6.45. The van der Waals surface area contributed by atoms with Gasteiger partial charge < -0.3 is 14.0 Å². The van der Waals surface area contributed by atoms with Crippen molar-refractivity contribution in [2.75, 3.05) is 14.2 Å². The van der Waals surface area contributed by atoms with E-state index in [0.717, 1.165) is 45.5 Å². The zero-order valence-corrected chi connectivity index (χ0v) is 16.8. The number of pyridine rings is 1. The van der Waals surface area contributed by atoms with Crippen LogP contribution in [0.4, 0.5) is 0 Å². The van der Waals surface area contributed by atoms with Gasteiger partial charge in [-0.15, -0.1) is 13.2 Å². The number of methoxy groups -OCH3 is 2. The van der Waals surface area contributed by atoms with E-state index >= 15 is 0 Å². The summed E-state index contributed by atoms with van der Waals surface area (Å²) in [5, 5.41) is 0.763. The first-order valence-electron chi connectivity index (χ1n) is 8.85. The quantitative estimate of drug-likeness (QED) is 0.618. The fourth-order valence-electron chi connectivity index (χ4n) is 3.31. The highest BCUT2D eigenvalue weighted by Crippen LogP contribution is 2.29. The molecule has 3 aromatic rings. The van der Waals surface area contributed by atoms with E-state index in [0.29, 0.717) is 5.56 Å². The lowest BCUT2D eigenvalue weighted by atomic mass is 9.97. The van der Waals surface area contributed by atoms with E-state index in [-0.39, 0.29) is 5.43 Å². The van der Waals surface area contributed by atoms with Gasteiger partial charge in [-0.05, 0) is 48.2 Å². The molecule has 2 aromatic carbocycles. The predicted molar refractivity (Wildman–Crippen MR) is 113 cm³/mol. The Labute approximate surface area is 160 Å². The summed E-state index contributed by atoms with van der Waals surface area (Å²) in [5.41, 5.74) is 4.60. The second-order valence-corrected chi connectivity index (χ2v) is 6.20. The second kappa shape index (κ2) is 8.58. The summed E-state index contributed by atoms with van der Waals surface area (Å²) in [6.07, 6.45) is 2.67. The lowest BCUT2D eigenvalue weighted by Crippen LogP contribution is -2.13. The number of nitrogens with zero attached hydrogens (tertiary/aromatic N) is 1. The van der Waals surface area contributed by atoms with E-state index in [2.05, 4.69) is 20.1 Å². The summed E-state index contributed by atoms with van der Waals surface area (Å²) >= 11 is 0.